The van der Waals surface area contributed by atoms with Gasteiger partial charge in [0, 0.05) is 79.8 Å². The Morgan fingerprint density at radius 3 is 1.93 bits per heavy atom. The Kier molecular flexibility index (Phi) is 8.20. The molecule has 2 aliphatic heterocycles. The summed E-state index contributed by atoms with van der Waals surface area (Å²) in [5.74, 6) is 0.423. The summed E-state index contributed by atoms with van der Waals surface area (Å²) >= 11 is 14.1. The normalized spacial score (nSPS) is 16.2. The van der Waals surface area contributed by atoms with Crippen LogP contribution in [0.1, 0.15) is 18.2 Å². The number of benzene rings is 2. The zero-order valence-electron chi connectivity index (χ0n) is 25.0. The maximum Gasteiger partial charge on any atom is 0.237 e. The molecule has 3 aromatic heterocycles. The van der Waals surface area contributed by atoms with Crippen molar-refractivity contribution in [1.82, 2.24) is 34.3 Å². The largest absolute Gasteiger partial charge is 0.480 e. The van der Waals surface area contributed by atoms with E-state index in [1.165, 1.54) is 0 Å². The van der Waals surface area contributed by atoms with Gasteiger partial charge in [-0.3, -0.25) is 19.8 Å². The van der Waals surface area contributed by atoms with E-state index in [1.54, 1.807) is 19.5 Å². The molecular formula is C33H33Cl2N7O3. The number of aliphatic hydroxyl groups is 2. The lowest BCUT2D eigenvalue weighted by Crippen LogP contribution is -2.50. The molecule has 45 heavy (non-hydrogen) atoms. The SMILES string of the molecule is CCn1cc(CN2CC(O)C2)c2ncc(-c3cccc(-c4cccc(-c5cnc(CN6CC(O)C6)c(OC)n5)c4Cl)c3Cl)nc21. The summed E-state index contributed by atoms with van der Waals surface area (Å²) in [5, 5.41) is 20.3. The van der Waals surface area contributed by atoms with Crippen molar-refractivity contribution in [3.63, 3.8) is 0 Å². The van der Waals surface area contributed by atoms with E-state index >= 15 is 0 Å². The lowest BCUT2D eigenvalue weighted by Gasteiger charge is -2.35. The average Bonchev–Trinajstić information content (AvgIpc) is 3.37. The van der Waals surface area contributed by atoms with Gasteiger partial charge in [-0.15, -0.1) is 0 Å². The Hall–Kier alpha value is -3.64. The molecule has 10 nitrogen and oxygen atoms in total. The van der Waals surface area contributed by atoms with Crippen molar-refractivity contribution >= 4 is 34.4 Å². The number of aromatic nitrogens is 5. The van der Waals surface area contributed by atoms with E-state index in [-0.39, 0.29) is 12.2 Å². The Bertz CT molecular complexity index is 1890. The number of methoxy groups -OCH3 is 1. The van der Waals surface area contributed by atoms with Crippen molar-refractivity contribution in [2.45, 2.75) is 38.8 Å². The first-order valence-electron chi connectivity index (χ1n) is 15.0. The molecule has 2 aromatic carbocycles. The summed E-state index contributed by atoms with van der Waals surface area (Å²) in [6.45, 7) is 6.67. The third kappa shape index (κ3) is 5.67. The van der Waals surface area contributed by atoms with Crippen molar-refractivity contribution in [2.75, 3.05) is 33.3 Å². The van der Waals surface area contributed by atoms with Gasteiger partial charge in [0.1, 0.15) is 11.2 Å². The number of ether oxygens (including phenoxy) is 1. The zero-order chi connectivity index (χ0) is 31.2. The molecule has 0 saturated carbocycles. The maximum absolute atomic E-state index is 9.70. The second-order valence-corrected chi connectivity index (χ2v) is 12.4. The molecule has 0 bridgehead atoms. The molecule has 2 N–H and O–H groups in total. The van der Waals surface area contributed by atoms with Crippen LogP contribution in [0, 0.1) is 0 Å². The van der Waals surface area contributed by atoms with Crippen molar-refractivity contribution in [1.29, 1.82) is 0 Å². The molecule has 0 amide bonds. The number of likely N-dealkylation sites (tertiary alicyclic amines) is 2. The molecule has 12 heteroatoms. The van der Waals surface area contributed by atoms with E-state index in [1.807, 2.05) is 36.4 Å². The van der Waals surface area contributed by atoms with Gasteiger partial charge in [0.05, 0.1) is 53.1 Å². The highest BCUT2D eigenvalue weighted by atomic mass is 35.5. The molecule has 0 aliphatic carbocycles. The van der Waals surface area contributed by atoms with E-state index in [0.717, 1.165) is 46.5 Å². The number of aliphatic hydroxyl groups excluding tert-OH is 2. The van der Waals surface area contributed by atoms with Crippen LogP contribution in [0.5, 0.6) is 5.88 Å². The highest BCUT2D eigenvalue weighted by Gasteiger charge is 2.27. The number of hydrogen-bond donors (Lipinski definition) is 2. The predicted octanol–water partition coefficient (Wildman–Crippen LogP) is 4.91. The van der Waals surface area contributed by atoms with Crippen LogP contribution < -0.4 is 4.74 Å². The number of β-amino-alcohol motifs (C(OH)–C–C–N with tert-alkyl or cyclic N) is 2. The van der Waals surface area contributed by atoms with Crippen molar-refractivity contribution in [2.24, 2.45) is 0 Å². The molecule has 2 fully saturated rings. The number of hydrogen-bond acceptors (Lipinski definition) is 9. The molecule has 2 saturated heterocycles. The van der Waals surface area contributed by atoms with Gasteiger partial charge in [0.2, 0.25) is 5.88 Å². The van der Waals surface area contributed by atoms with Crippen molar-refractivity contribution in [3.8, 4) is 39.5 Å². The molecule has 0 atom stereocenters. The van der Waals surface area contributed by atoms with Crippen LogP contribution >= 0.6 is 23.2 Å². The Morgan fingerprint density at radius 1 is 0.800 bits per heavy atom. The van der Waals surface area contributed by atoms with Gasteiger partial charge in [0.15, 0.2) is 5.65 Å². The number of halogens is 2. The van der Waals surface area contributed by atoms with E-state index in [2.05, 4.69) is 32.5 Å². The Labute approximate surface area is 270 Å². The van der Waals surface area contributed by atoms with Crippen LogP contribution in [0.3, 0.4) is 0 Å². The Balaban J connectivity index is 1.21. The number of nitrogens with zero attached hydrogens (tertiary/aromatic N) is 7. The molecule has 0 spiro atoms. The number of rotatable bonds is 9. The molecule has 2 aliphatic rings. The molecule has 5 heterocycles. The number of aryl methyl sites for hydroxylation is 1. The lowest BCUT2D eigenvalue weighted by molar-refractivity contribution is -0.00405. The summed E-state index contributed by atoms with van der Waals surface area (Å²) in [7, 11) is 1.57. The predicted molar refractivity (Wildman–Crippen MR) is 174 cm³/mol. The first kappa shape index (κ1) is 30.0. The van der Waals surface area contributed by atoms with Crippen LogP contribution in [-0.4, -0.2) is 90.0 Å². The fraction of sp³-hybridized carbons (Fsp3) is 0.333. The molecule has 0 radical (unpaired) electrons. The average molecular weight is 647 g/mol. The first-order valence-corrected chi connectivity index (χ1v) is 15.7. The molecule has 232 valence electrons. The summed E-state index contributed by atoms with van der Waals surface area (Å²) in [4.78, 5) is 23.5. The van der Waals surface area contributed by atoms with Crippen molar-refractivity contribution in [3.05, 3.63) is 76.3 Å². The van der Waals surface area contributed by atoms with Crippen LogP contribution in [0.4, 0.5) is 0 Å². The lowest BCUT2D eigenvalue weighted by atomic mass is 9.98. The standard InChI is InChI=1S/C33H33Cl2N7O3/c1-3-42-13-19(12-40-14-20(43)15-40)31-32(42)38-26(11-37-31)24-8-4-6-22(29(24)34)23-7-5-9-25(30(23)35)27-10-36-28(33(39-27)45-2)18-41-16-21(44)17-41/h4-11,13,20-21,43-44H,3,12,14-18H2,1-2H3. The topological polar surface area (TPSA) is 113 Å². The minimum absolute atomic E-state index is 0.251. The van der Waals surface area contributed by atoms with E-state index < -0.39 is 0 Å². The quantitative estimate of drug-likeness (QED) is 0.231. The molecular weight excluding hydrogens is 613 g/mol. The van der Waals surface area contributed by atoms with Gasteiger partial charge in [0.25, 0.3) is 0 Å². The summed E-state index contributed by atoms with van der Waals surface area (Å²) in [5.41, 5.74) is 7.68. The monoisotopic (exact) mass is 645 g/mol. The molecule has 5 aromatic rings. The fourth-order valence-corrected chi connectivity index (χ4v) is 6.72. The van der Waals surface area contributed by atoms with E-state index in [9.17, 15) is 10.2 Å². The second kappa shape index (κ2) is 12.3. The van der Waals surface area contributed by atoms with Gasteiger partial charge < -0.3 is 19.5 Å². The van der Waals surface area contributed by atoms with E-state index in [0.29, 0.717) is 71.3 Å². The second-order valence-electron chi connectivity index (χ2n) is 11.6. The highest BCUT2D eigenvalue weighted by Crippen LogP contribution is 2.42. The zero-order valence-corrected chi connectivity index (χ0v) is 26.5. The van der Waals surface area contributed by atoms with Crippen LogP contribution in [-0.2, 0) is 19.6 Å². The Morgan fingerprint density at radius 2 is 1.36 bits per heavy atom. The summed E-state index contributed by atoms with van der Waals surface area (Å²) < 4.78 is 7.67. The van der Waals surface area contributed by atoms with E-state index in [4.69, 9.17) is 42.9 Å². The van der Waals surface area contributed by atoms with Gasteiger partial charge in [-0.05, 0) is 6.92 Å². The van der Waals surface area contributed by atoms with Crippen LogP contribution in [0.15, 0.2) is 55.0 Å². The summed E-state index contributed by atoms with van der Waals surface area (Å²) in [6.07, 6.45) is 5.02. The maximum atomic E-state index is 9.70. The van der Waals surface area contributed by atoms with Gasteiger partial charge in [-0.2, -0.15) is 0 Å². The van der Waals surface area contributed by atoms with Crippen LogP contribution in [0.25, 0.3) is 44.8 Å². The fourth-order valence-electron chi connectivity index (χ4n) is 6.07. The minimum atomic E-state index is -0.294. The van der Waals surface area contributed by atoms with Crippen LogP contribution in [0.2, 0.25) is 10.0 Å². The highest BCUT2D eigenvalue weighted by molar-refractivity contribution is 6.39. The first-order chi connectivity index (χ1) is 21.8. The minimum Gasteiger partial charge on any atom is -0.480 e. The smallest absolute Gasteiger partial charge is 0.237 e. The third-order valence-electron chi connectivity index (χ3n) is 8.47. The molecule has 7 rings (SSSR count). The van der Waals surface area contributed by atoms with Gasteiger partial charge in [-0.1, -0.05) is 59.6 Å². The van der Waals surface area contributed by atoms with Gasteiger partial charge in [-0.25, -0.2) is 9.97 Å². The number of fused-ring (bicyclic) bond motifs is 1. The third-order valence-corrected chi connectivity index (χ3v) is 9.28. The summed E-state index contributed by atoms with van der Waals surface area (Å²) in [6, 6.07) is 11.6. The van der Waals surface area contributed by atoms with Crippen molar-refractivity contribution < 1.29 is 14.9 Å². The molecule has 0 unspecified atom stereocenters. The van der Waals surface area contributed by atoms with Gasteiger partial charge >= 0.3 is 0 Å².